The van der Waals surface area contributed by atoms with Gasteiger partial charge in [0.25, 0.3) is 0 Å². The van der Waals surface area contributed by atoms with Gasteiger partial charge in [-0.05, 0) is 38.4 Å². The fourth-order valence-electron chi connectivity index (χ4n) is 3.66. The number of anilines is 2. The highest BCUT2D eigenvalue weighted by Crippen LogP contribution is 2.33. The van der Waals surface area contributed by atoms with E-state index < -0.39 is 16.2 Å². The van der Waals surface area contributed by atoms with Crippen LogP contribution in [-0.4, -0.2) is 55.3 Å². The highest BCUT2D eigenvalue weighted by atomic mass is 32.2. The van der Waals surface area contributed by atoms with Gasteiger partial charge >= 0.3 is 10.2 Å². The van der Waals surface area contributed by atoms with Crippen LogP contribution in [0.25, 0.3) is 0 Å². The van der Waals surface area contributed by atoms with Gasteiger partial charge in [0.1, 0.15) is 10.9 Å². The van der Waals surface area contributed by atoms with Crippen LogP contribution in [0.5, 0.6) is 0 Å². The Morgan fingerprint density at radius 2 is 2.23 bits per heavy atom. The minimum Gasteiger partial charge on any atom is -0.845 e. The number of amidine groups is 1. The molecule has 0 aliphatic carbocycles. The van der Waals surface area contributed by atoms with Crippen LogP contribution in [0, 0.1) is 11.3 Å². The molecule has 0 spiro atoms. The van der Waals surface area contributed by atoms with Gasteiger partial charge in [0, 0.05) is 24.7 Å². The summed E-state index contributed by atoms with van der Waals surface area (Å²) in [6.45, 7) is 5.27. The molecule has 1 N–H and O–H groups in total. The molecule has 12 heteroatoms. The average Bonchev–Trinajstić information content (AvgIpc) is 3.27. The van der Waals surface area contributed by atoms with E-state index in [-0.39, 0.29) is 12.0 Å². The average molecular weight is 465 g/mol. The van der Waals surface area contributed by atoms with Crippen molar-refractivity contribution in [2.45, 2.75) is 38.6 Å². The van der Waals surface area contributed by atoms with E-state index in [0.717, 1.165) is 17.8 Å². The number of rotatable bonds is 6. The fourth-order valence-corrected chi connectivity index (χ4v) is 5.83. The smallest absolute Gasteiger partial charge is 0.345 e. The van der Waals surface area contributed by atoms with Crippen molar-refractivity contribution in [3.05, 3.63) is 28.2 Å². The first-order chi connectivity index (χ1) is 14.6. The standard InChI is InChI=1S/C19H27N7O3S2/c1-13(2)18-17(8-16(9-20)30-18)22-19(27)23-31(28,29)26(15-10-21-25(4)12-15)14-6-5-7-24(3)11-14/h8,10,12-14H,5-7,11H2,1-4H3,(H2,22,23,27)/p-1. The Morgan fingerprint density at radius 1 is 1.48 bits per heavy atom. The molecule has 1 unspecified atom stereocenters. The van der Waals surface area contributed by atoms with Crippen LogP contribution in [-0.2, 0) is 17.3 Å². The van der Waals surface area contributed by atoms with E-state index >= 15 is 0 Å². The van der Waals surface area contributed by atoms with Crippen molar-refractivity contribution in [2.24, 2.45) is 11.4 Å². The lowest BCUT2D eigenvalue weighted by Crippen LogP contribution is -2.49. The summed E-state index contributed by atoms with van der Waals surface area (Å²) in [6, 6.07) is 2.23. The first-order valence-electron chi connectivity index (χ1n) is 9.90. The Morgan fingerprint density at radius 3 is 2.81 bits per heavy atom. The SMILES string of the molecule is CC(C)c1sc(C#N)cc1N/C([O-])=N/S(=O)(=O)N(c1cnn(C)c1)C1CCCN(C)C1. The maximum Gasteiger partial charge on any atom is 0.345 e. The van der Waals surface area contributed by atoms with Crippen LogP contribution < -0.4 is 14.7 Å². The molecular weight excluding hydrogens is 438 g/mol. The lowest BCUT2D eigenvalue weighted by Gasteiger charge is -2.36. The van der Waals surface area contributed by atoms with E-state index in [4.69, 9.17) is 5.26 Å². The molecule has 1 aliphatic rings. The van der Waals surface area contributed by atoms with Crippen LogP contribution >= 0.6 is 11.3 Å². The van der Waals surface area contributed by atoms with Gasteiger partial charge in [-0.3, -0.25) is 4.68 Å². The maximum absolute atomic E-state index is 13.2. The normalized spacial score (nSPS) is 18.2. The van der Waals surface area contributed by atoms with Gasteiger partial charge in [0.2, 0.25) is 0 Å². The first-order valence-corrected chi connectivity index (χ1v) is 12.1. The number of nitrogens with zero attached hydrogens (tertiary/aromatic N) is 6. The number of likely N-dealkylation sites (tertiary alicyclic amines) is 1. The molecule has 3 rings (SSSR count). The van der Waals surface area contributed by atoms with Crippen LogP contribution in [0.3, 0.4) is 0 Å². The van der Waals surface area contributed by atoms with Crippen molar-refractivity contribution in [2.75, 3.05) is 29.8 Å². The number of aromatic nitrogens is 2. The Labute approximate surface area is 186 Å². The quantitative estimate of drug-likeness (QED) is 0.506. The van der Waals surface area contributed by atoms with Gasteiger partial charge < -0.3 is 15.3 Å². The number of nitrogens with one attached hydrogen (secondary N) is 1. The minimum absolute atomic E-state index is 0.0590. The van der Waals surface area contributed by atoms with Crippen molar-refractivity contribution in [1.82, 2.24) is 14.7 Å². The molecule has 1 aliphatic heterocycles. The second kappa shape index (κ2) is 9.25. The predicted octanol–water partition coefficient (Wildman–Crippen LogP) is 1.45. The van der Waals surface area contributed by atoms with E-state index in [1.165, 1.54) is 32.6 Å². The van der Waals surface area contributed by atoms with Crippen LogP contribution in [0.2, 0.25) is 0 Å². The zero-order valence-electron chi connectivity index (χ0n) is 17.9. The van der Waals surface area contributed by atoms with Gasteiger partial charge in [-0.2, -0.15) is 18.8 Å². The minimum atomic E-state index is -4.33. The highest BCUT2D eigenvalue weighted by molar-refractivity contribution is 7.91. The second-order valence-corrected chi connectivity index (χ2v) is 10.4. The third kappa shape index (κ3) is 5.36. The number of nitriles is 1. The lowest BCUT2D eigenvalue weighted by molar-refractivity contribution is -0.213. The molecule has 2 aromatic rings. The summed E-state index contributed by atoms with van der Waals surface area (Å²) in [6.07, 6.45) is 4.54. The van der Waals surface area contributed by atoms with Crippen molar-refractivity contribution in [1.29, 1.82) is 5.26 Å². The van der Waals surface area contributed by atoms with E-state index in [0.29, 0.717) is 29.2 Å². The van der Waals surface area contributed by atoms with Gasteiger partial charge in [-0.25, -0.2) is 4.31 Å². The third-order valence-electron chi connectivity index (χ3n) is 4.96. The predicted molar refractivity (Wildman–Crippen MR) is 119 cm³/mol. The molecule has 168 valence electrons. The van der Waals surface area contributed by atoms with E-state index in [1.807, 2.05) is 27.0 Å². The molecule has 31 heavy (non-hydrogen) atoms. The second-order valence-electron chi connectivity index (χ2n) is 7.88. The van der Waals surface area contributed by atoms with Gasteiger partial charge in [-0.15, -0.1) is 15.7 Å². The summed E-state index contributed by atoms with van der Waals surface area (Å²) in [4.78, 5) is 3.27. The van der Waals surface area contributed by atoms with E-state index in [1.54, 1.807) is 13.2 Å². The maximum atomic E-state index is 13.2. The van der Waals surface area contributed by atoms with Gasteiger partial charge in [-0.1, -0.05) is 13.8 Å². The molecule has 3 heterocycles. The largest absolute Gasteiger partial charge is 0.845 e. The van der Waals surface area contributed by atoms with Crippen molar-refractivity contribution in [3.8, 4) is 6.07 Å². The molecule has 10 nitrogen and oxygen atoms in total. The van der Waals surface area contributed by atoms with Crippen LogP contribution in [0.15, 0.2) is 22.9 Å². The molecule has 0 bridgehead atoms. The van der Waals surface area contributed by atoms with Gasteiger partial charge in [0.15, 0.2) is 0 Å². The monoisotopic (exact) mass is 464 g/mol. The number of thiophene rings is 1. The Hall–Kier alpha value is -2.62. The number of likely N-dealkylation sites (N-methyl/N-ethyl adjacent to an activating group) is 1. The summed E-state index contributed by atoms with van der Waals surface area (Å²) in [5, 5.41) is 28.4. The zero-order chi connectivity index (χ0) is 22.8. The number of hydrogen-bond donors (Lipinski definition) is 1. The van der Waals surface area contributed by atoms with Crippen molar-refractivity contribution >= 4 is 38.9 Å². The van der Waals surface area contributed by atoms with Crippen molar-refractivity contribution in [3.63, 3.8) is 0 Å². The Balaban J connectivity index is 1.93. The van der Waals surface area contributed by atoms with Crippen LogP contribution in [0.1, 0.15) is 42.4 Å². The Kier molecular flexibility index (Phi) is 6.88. The third-order valence-corrected chi connectivity index (χ3v) is 7.70. The molecular formula is C19H26N7O3S2-. The molecule has 1 saturated heterocycles. The van der Waals surface area contributed by atoms with Crippen LogP contribution in [0.4, 0.5) is 11.4 Å². The summed E-state index contributed by atoms with van der Waals surface area (Å²) < 4.78 is 32.7. The van der Waals surface area contributed by atoms with E-state index in [9.17, 15) is 13.5 Å². The lowest BCUT2D eigenvalue weighted by atomic mass is 10.1. The molecule has 0 saturated carbocycles. The van der Waals surface area contributed by atoms with Gasteiger partial charge in [0.05, 0.1) is 29.6 Å². The first kappa shape index (κ1) is 23.1. The highest BCUT2D eigenvalue weighted by Gasteiger charge is 2.33. The zero-order valence-corrected chi connectivity index (χ0v) is 19.6. The summed E-state index contributed by atoms with van der Waals surface area (Å²) >= 11 is 1.26. The molecule has 1 atom stereocenters. The topological polar surface area (TPSA) is 130 Å². The fraction of sp³-hybridized carbons (Fsp3) is 0.526. The number of piperidine rings is 1. The van der Waals surface area contributed by atoms with E-state index in [2.05, 4.69) is 19.7 Å². The molecule has 0 aromatic carbocycles. The molecule has 0 radical (unpaired) electrons. The molecule has 1 fully saturated rings. The summed E-state index contributed by atoms with van der Waals surface area (Å²) in [5.41, 5.74) is 0.773. The number of aryl methyl sites for hydroxylation is 1. The van der Waals surface area contributed by atoms with Crippen molar-refractivity contribution < 1.29 is 13.5 Å². The molecule has 2 aromatic heterocycles. The molecule has 0 amide bonds. The summed E-state index contributed by atoms with van der Waals surface area (Å²) in [7, 11) is -0.704. The number of hydrogen-bond acceptors (Lipinski definition) is 7. The Bertz CT molecular complexity index is 1100. The summed E-state index contributed by atoms with van der Waals surface area (Å²) in [5.74, 6) is 0.0590.